The minimum Gasteiger partial charge on any atom is -0.464 e. The minimum absolute atomic E-state index is 0.00884. The number of nitrogens with zero attached hydrogens (tertiary/aromatic N) is 3. The van der Waals surface area contributed by atoms with E-state index >= 15 is 0 Å². The Morgan fingerprint density at radius 1 is 1.29 bits per heavy atom. The summed E-state index contributed by atoms with van der Waals surface area (Å²) in [5, 5.41) is 10.8. The third-order valence-corrected chi connectivity index (χ3v) is 3.81. The molecule has 1 aromatic carbocycles. The zero-order valence-corrected chi connectivity index (χ0v) is 15.6. The second-order valence-electron chi connectivity index (χ2n) is 5.70. The van der Waals surface area contributed by atoms with Crippen LogP contribution in [0.25, 0.3) is 0 Å². The van der Waals surface area contributed by atoms with Crippen LogP contribution >= 0.6 is 0 Å². The van der Waals surface area contributed by atoms with Crippen LogP contribution in [0.5, 0.6) is 0 Å². The highest BCUT2D eigenvalue weighted by molar-refractivity contribution is 5.94. The van der Waals surface area contributed by atoms with Gasteiger partial charge in [0.2, 0.25) is 5.89 Å². The summed E-state index contributed by atoms with van der Waals surface area (Å²) in [5.41, 5.74) is 0.200. The fourth-order valence-corrected chi connectivity index (χ4v) is 2.41. The van der Waals surface area contributed by atoms with Crippen LogP contribution in [-0.4, -0.2) is 53.6 Å². The first kappa shape index (κ1) is 21.0. The van der Waals surface area contributed by atoms with Crippen LogP contribution in [0.4, 0.5) is 5.69 Å². The van der Waals surface area contributed by atoms with Gasteiger partial charge in [0.25, 0.3) is 11.6 Å². The first-order chi connectivity index (χ1) is 13.5. The fraction of sp³-hybridized carbons (Fsp3) is 0.389. The maximum atomic E-state index is 12.8. The highest BCUT2D eigenvalue weighted by atomic mass is 16.6. The third kappa shape index (κ3) is 5.61. The van der Waals surface area contributed by atoms with Crippen molar-refractivity contribution in [3.63, 3.8) is 0 Å². The van der Waals surface area contributed by atoms with Crippen LogP contribution in [0.15, 0.2) is 34.9 Å². The number of nitro groups is 1. The molecule has 2 rings (SSSR count). The number of esters is 1. The highest BCUT2D eigenvalue weighted by Gasteiger charge is 2.20. The Morgan fingerprint density at radius 2 is 2.00 bits per heavy atom. The molecule has 0 radical (unpaired) electrons. The lowest BCUT2D eigenvalue weighted by molar-refractivity contribution is -0.384. The number of ether oxygens (including phenoxy) is 2. The Morgan fingerprint density at radius 3 is 2.61 bits per heavy atom. The number of nitro benzene ring substituents is 1. The Kier molecular flexibility index (Phi) is 7.64. The van der Waals surface area contributed by atoms with Gasteiger partial charge in [-0.15, -0.1) is 0 Å². The predicted molar refractivity (Wildman–Crippen MR) is 96.8 cm³/mol. The molecular weight excluding hydrogens is 370 g/mol. The van der Waals surface area contributed by atoms with Crippen molar-refractivity contribution in [1.82, 2.24) is 9.88 Å². The number of hydrogen-bond donors (Lipinski definition) is 0. The van der Waals surface area contributed by atoms with Gasteiger partial charge in [0.15, 0.2) is 5.69 Å². The summed E-state index contributed by atoms with van der Waals surface area (Å²) in [5.74, 6) is -0.809. The predicted octanol–water partition coefficient (Wildman–Crippen LogP) is 2.44. The molecule has 10 heteroatoms. The molecule has 0 fully saturated rings. The van der Waals surface area contributed by atoms with Gasteiger partial charge >= 0.3 is 5.97 Å². The summed E-state index contributed by atoms with van der Waals surface area (Å²) in [6.45, 7) is 3.30. The van der Waals surface area contributed by atoms with E-state index in [4.69, 9.17) is 9.15 Å². The summed E-state index contributed by atoms with van der Waals surface area (Å²) in [7, 11) is 1.23. The van der Waals surface area contributed by atoms with E-state index in [2.05, 4.69) is 9.72 Å². The molecule has 28 heavy (non-hydrogen) atoms. The van der Waals surface area contributed by atoms with Crippen LogP contribution < -0.4 is 0 Å². The number of hydrogen-bond acceptors (Lipinski definition) is 8. The Balaban J connectivity index is 2.15. The van der Waals surface area contributed by atoms with Gasteiger partial charge in [-0.25, -0.2) is 9.78 Å². The third-order valence-electron chi connectivity index (χ3n) is 3.81. The normalized spacial score (nSPS) is 10.5. The number of benzene rings is 1. The zero-order valence-electron chi connectivity index (χ0n) is 15.6. The molecule has 0 saturated heterocycles. The maximum absolute atomic E-state index is 12.8. The number of methoxy groups -OCH3 is 1. The van der Waals surface area contributed by atoms with Crippen molar-refractivity contribution in [3.05, 3.63) is 57.8 Å². The second-order valence-corrected chi connectivity index (χ2v) is 5.70. The Bertz CT molecular complexity index is 817. The van der Waals surface area contributed by atoms with Crippen LogP contribution in [0.1, 0.15) is 40.1 Å². The molecule has 1 heterocycles. The van der Waals surface area contributed by atoms with E-state index in [-0.39, 0.29) is 29.7 Å². The van der Waals surface area contributed by atoms with E-state index < -0.39 is 10.9 Å². The zero-order chi connectivity index (χ0) is 20.5. The van der Waals surface area contributed by atoms with E-state index in [0.717, 1.165) is 6.26 Å². The molecule has 1 aromatic heterocycles. The number of amides is 1. The van der Waals surface area contributed by atoms with Gasteiger partial charge in [-0.2, -0.15) is 0 Å². The van der Waals surface area contributed by atoms with E-state index in [1.165, 1.54) is 36.3 Å². The van der Waals surface area contributed by atoms with Gasteiger partial charge in [-0.3, -0.25) is 14.9 Å². The summed E-state index contributed by atoms with van der Waals surface area (Å²) in [6.07, 6.45) is 1.74. The fourth-order valence-electron chi connectivity index (χ4n) is 2.41. The summed E-state index contributed by atoms with van der Waals surface area (Å²) in [6, 6.07) is 5.33. The van der Waals surface area contributed by atoms with Crippen molar-refractivity contribution in [1.29, 1.82) is 0 Å². The van der Waals surface area contributed by atoms with E-state index in [9.17, 15) is 19.7 Å². The van der Waals surface area contributed by atoms with Crippen molar-refractivity contribution in [2.75, 3.05) is 26.9 Å². The number of aromatic nitrogens is 1. The molecule has 0 aliphatic rings. The molecular formula is C18H21N3O7. The molecule has 10 nitrogen and oxygen atoms in total. The molecule has 0 spiro atoms. The number of carbonyl (C=O) groups is 2. The van der Waals surface area contributed by atoms with Gasteiger partial charge in [0, 0.05) is 37.5 Å². The first-order valence-electron chi connectivity index (χ1n) is 8.60. The summed E-state index contributed by atoms with van der Waals surface area (Å²) < 4.78 is 15.1. The molecule has 2 aromatic rings. The van der Waals surface area contributed by atoms with E-state index in [1.54, 1.807) is 0 Å². The van der Waals surface area contributed by atoms with Crippen LogP contribution in [-0.2, 0) is 16.0 Å². The van der Waals surface area contributed by atoms with E-state index in [0.29, 0.717) is 31.7 Å². The minimum atomic E-state index is -0.639. The quantitative estimate of drug-likeness (QED) is 0.262. The lowest BCUT2D eigenvalue weighted by Gasteiger charge is -2.21. The number of non-ortho nitro benzene ring substituents is 1. The molecule has 0 N–H and O–H groups in total. The van der Waals surface area contributed by atoms with Crippen molar-refractivity contribution >= 4 is 17.6 Å². The maximum Gasteiger partial charge on any atom is 0.360 e. The van der Waals surface area contributed by atoms with Gasteiger partial charge in [-0.05, 0) is 25.5 Å². The summed E-state index contributed by atoms with van der Waals surface area (Å²) in [4.78, 5) is 40.1. The first-order valence-corrected chi connectivity index (χ1v) is 8.60. The van der Waals surface area contributed by atoms with Crippen molar-refractivity contribution in [2.24, 2.45) is 0 Å². The van der Waals surface area contributed by atoms with Crippen molar-refractivity contribution < 1.29 is 28.4 Å². The van der Waals surface area contributed by atoms with Crippen molar-refractivity contribution in [3.8, 4) is 0 Å². The molecule has 0 bridgehead atoms. The molecule has 0 saturated carbocycles. The Labute approximate surface area is 161 Å². The van der Waals surface area contributed by atoms with Gasteiger partial charge in [0.1, 0.15) is 6.26 Å². The van der Waals surface area contributed by atoms with Crippen LogP contribution in [0.2, 0.25) is 0 Å². The lowest BCUT2D eigenvalue weighted by Crippen LogP contribution is -2.32. The van der Waals surface area contributed by atoms with Crippen LogP contribution in [0.3, 0.4) is 0 Å². The highest BCUT2D eigenvalue weighted by Crippen LogP contribution is 2.16. The molecule has 0 atom stereocenters. The Hall–Kier alpha value is -3.27. The smallest absolute Gasteiger partial charge is 0.360 e. The molecule has 0 unspecified atom stereocenters. The number of oxazole rings is 1. The average Bonchev–Trinajstić information content (AvgIpc) is 3.17. The van der Waals surface area contributed by atoms with Gasteiger partial charge in [0.05, 0.1) is 18.6 Å². The average molecular weight is 391 g/mol. The van der Waals surface area contributed by atoms with Gasteiger partial charge < -0.3 is 18.8 Å². The second kappa shape index (κ2) is 10.2. The largest absolute Gasteiger partial charge is 0.464 e. The van der Waals surface area contributed by atoms with Crippen LogP contribution in [0, 0.1) is 10.1 Å². The van der Waals surface area contributed by atoms with Gasteiger partial charge in [-0.1, -0.05) is 0 Å². The topological polar surface area (TPSA) is 125 Å². The number of carbonyl (C=O) groups excluding carboxylic acids is 2. The number of rotatable bonds is 10. The SMILES string of the molecule is CCOCCCN(Cc1nc(C(=O)OC)co1)C(=O)c1ccc([N+](=O)[O-])cc1. The summed E-state index contributed by atoms with van der Waals surface area (Å²) >= 11 is 0. The van der Waals surface area contributed by atoms with E-state index in [1.807, 2.05) is 6.92 Å². The molecule has 1 amide bonds. The molecule has 150 valence electrons. The monoisotopic (exact) mass is 391 g/mol. The molecule has 0 aliphatic carbocycles. The molecule has 0 aliphatic heterocycles. The van der Waals surface area contributed by atoms with Crippen molar-refractivity contribution in [2.45, 2.75) is 19.9 Å². The standard InChI is InChI=1S/C18H21N3O7/c1-3-27-10-4-9-20(11-16-19-15(12-28-16)18(23)26-2)17(22)13-5-7-14(8-6-13)21(24)25/h5-8,12H,3-4,9-11H2,1-2H3. The lowest BCUT2D eigenvalue weighted by atomic mass is 10.1.